The van der Waals surface area contributed by atoms with Crippen molar-refractivity contribution in [2.75, 3.05) is 10.8 Å². The molecule has 0 aromatic carbocycles. The van der Waals surface area contributed by atoms with E-state index in [4.69, 9.17) is 0 Å². The summed E-state index contributed by atoms with van der Waals surface area (Å²) in [5.41, 5.74) is 1.99. The molecule has 0 aliphatic heterocycles. The van der Waals surface area contributed by atoms with Gasteiger partial charge in [-0.1, -0.05) is 31.2 Å². The lowest BCUT2D eigenvalue weighted by molar-refractivity contribution is 0.281. The maximum Gasteiger partial charge on any atom is 0.116 e. The van der Waals surface area contributed by atoms with Crippen LogP contribution >= 0.6 is 34.9 Å². The second-order valence-electron chi connectivity index (χ2n) is 4.62. The first-order valence-corrected chi connectivity index (χ1v) is 10.1. The SMILES string of the molecule is CCCCSCSc1nc(-c2cccs2)cc(CO)c1C#N. The Bertz CT molecular complexity index is 636. The Morgan fingerprint density at radius 2 is 2.32 bits per heavy atom. The molecule has 0 atom stereocenters. The molecule has 6 heteroatoms. The zero-order valence-corrected chi connectivity index (χ0v) is 14.9. The van der Waals surface area contributed by atoms with Gasteiger partial charge in [0.2, 0.25) is 0 Å². The van der Waals surface area contributed by atoms with Gasteiger partial charge < -0.3 is 5.11 Å². The van der Waals surface area contributed by atoms with Crippen molar-refractivity contribution in [2.45, 2.75) is 31.4 Å². The zero-order chi connectivity index (χ0) is 15.8. The number of nitrogens with zero attached hydrogens (tertiary/aromatic N) is 2. The van der Waals surface area contributed by atoms with Crippen molar-refractivity contribution < 1.29 is 5.11 Å². The van der Waals surface area contributed by atoms with E-state index in [1.165, 1.54) is 12.8 Å². The molecule has 0 radical (unpaired) electrons. The standard InChI is InChI=1S/C16H18N2OS3/c1-2-3-6-20-11-22-16-13(9-17)12(10-19)8-14(18-16)15-5-4-7-21-15/h4-5,7-8,19H,2-3,6,10-11H2,1H3. The van der Waals surface area contributed by atoms with Gasteiger partial charge in [0.25, 0.3) is 0 Å². The molecule has 0 amide bonds. The fourth-order valence-corrected chi connectivity index (χ4v) is 4.79. The van der Waals surface area contributed by atoms with Crippen LogP contribution in [-0.2, 0) is 6.61 Å². The second kappa shape index (κ2) is 9.21. The Morgan fingerprint density at radius 1 is 1.45 bits per heavy atom. The molecule has 2 heterocycles. The minimum atomic E-state index is -0.139. The van der Waals surface area contributed by atoms with Crippen molar-refractivity contribution in [1.29, 1.82) is 5.26 Å². The lowest BCUT2D eigenvalue weighted by Crippen LogP contribution is -1.98. The third-order valence-electron chi connectivity index (χ3n) is 3.04. The number of aromatic nitrogens is 1. The van der Waals surface area contributed by atoms with Crippen LogP contribution in [0.3, 0.4) is 0 Å². The van der Waals surface area contributed by atoms with Gasteiger partial charge in [-0.05, 0) is 29.7 Å². The molecule has 116 valence electrons. The highest BCUT2D eigenvalue weighted by Crippen LogP contribution is 2.32. The van der Waals surface area contributed by atoms with Crippen molar-refractivity contribution >= 4 is 34.9 Å². The van der Waals surface area contributed by atoms with Crippen molar-refractivity contribution in [2.24, 2.45) is 0 Å². The highest BCUT2D eigenvalue weighted by Gasteiger charge is 2.14. The smallest absolute Gasteiger partial charge is 0.116 e. The molecular formula is C16H18N2OS3. The van der Waals surface area contributed by atoms with Crippen LogP contribution in [-0.4, -0.2) is 20.9 Å². The number of pyridine rings is 1. The van der Waals surface area contributed by atoms with E-state index in [-0.39, 0.29) is 6.61 Å². The van der Waals surface area contributed by atoms with E-state index in [9.17, 15) is 10.4 Å². The van der Waals surface area contributed by atoms with E-state index >= 15 is 0 Å². The van der Waals surface area contributed by atoms with Gasteiger partial charge in [-0.3, -0.25) is 0 Å². The first kappa shape index (κ1) is 17.4. The number of thiophene rings is 1. The highest BCUT2D eigenvalue weighted by molar-refractivity contribution is 8.15. The molecule has 0 saturated carbocycles. The topological polar surface area (TPSA) is 56.9 Å². The maximum absolute atomic E-state index is 9.55. The van der Waals surface area contributed by atoms with Crippen LogP contribution in [0.5, 0.6) is 0 Å². The normalized spacial score (nSPS) is 10.6. The number of thioether (sulfide) groups is 2. The van der Waals surface area contributed by atoms with E-state index in [0.29, 0.717) is 11.1 Å². The third kappa shape index (κ3) is 4.50. The van der Waals surface area contributed by atoms with E-state index in [1.807, 2.05) is 35.3 Å². The van der Waals surface area contributed by atoms with Crippen LogP contribution < -0.4 is 0 Å². The molecule has 0 fully saturated rings. The van der Waals surface area contributed by atoms with Crippen LogP contribution in [0.1, 0.15) is 30.9 Å². The quantitative estimate of drug-likeness (QED) is 0.423. The van der Waals surface area contributed by atoms with Crippen molar-refractivity contribution in [1.82, 2.24) is 4.98 Å². The lowest BCUT2D eigenvalue weighted by Gasteiger charge is -2.09. The summed E-state index contributed by atoms with van der Waals surface area (Å²) in [6.45, 7) is 2.04. The molecule has 22 heavy (non-hydrogen) atoms. The fourth-order valence-electron chi connectivity index (χ4n) is 1.87. The van der Waals surface area contributed by atoms with Crippen molar-refractivity contribution in [3.05, 3.63) is 34.7 Å². The third-order valence-corrected chi connectivity index (χ3v) is 6.22. The molecule has 3 nitrogen and oxygen atoms in total. The van der Waals surface area contributed by atoms with Gasteiger partial charge in [0.15, 0.2) is 0 Å². The predicted molar refractivity (Wildman–Crippen MR) is 96.3 cm³/mol. The Kier molecular flexibility index (Phi) is 7.26. The van der Waals surface area contributed by atoms with Gasteiger partial charge in [-0.25, -0.2) is 4.98 Å². The van der Waals surface area contributed by atoms with Gasteiger partial charge >= 0.3 is 0 Å². The molecule has 1 N–H and O–H groups in total. The fraction of sp³-hybridized carbons (Fsp3) is 0.375. The van der Waals surface area contributed by atoms with E-state index in [2.05, 4.69) is 18.0 Å². The molecule has 2 rings (SSSR count). The molecule has 0 saturated heterocycles. The summed E-state index contributed by atoms with van der Waals surface area (Å²) in [6.07, 6.45) is 2.41. The molecule has 0 aliphatic carbocycles. The van der Waals surface area contributed by atoms with Gasteiger partial charge in [0.05, 0.1) is 22.7 Å². The molecule has 2 aromatic heterocycles. The summed E-state index contributed by atoms with van der Waals surface area (Å²) in [5, 5.41) is 22.5. The van der Waals surface area contributed by atoms with Gasteiger partial charge in [0.1, 0.15) is 11.1 Å². The Balaban J connectivity index is 2.22. The minimum absolute atomic E-state index is 0.139. The first-order valence-electron chi connectivity index (χ1n) is 7.09. The van der Waals surface area contributed by atoms with E-state index in [0.717, 1.165) is 26.4 Å². The Morgan fingerprint density at radius 3 is 2.95 bits per heavy atom. The van der Waals surface area contributed by atoms with Gasteiger partial charge in [0, 0.05) is 10.6 Å². The molecular weight excluding hydrogens is 332 g/mol. The van der Waals surface area contributed by atoms with Crippen LogP contribution in [0.15, 0.2) is 28.6 Å². The number of aliphatic hydroxyl groups is 1. The number of hydrogen-bond acceptors (Lipinski definition) is 6. The monoisotopic (exact) mass is 350 g/mol. The summed E-state index contributed by atoms with van der Waals surface area (Å²) in [6, 6.07) is 7.99. The summed E-state index contributed by atoms with van der Waals surface area (Å²) < 4.78 is 0. The van der Waals surface area contributed by atoms with E-state index in [1.54, 1.807) is 23.1 Å². The number of unbranched alkanes of at least 4 members (excludes halogenated alkanes) is 1. The first-order chi connectivity index (χ1) is 10.8. The molecule has 0 spiro atoms. The largest absolute Gasteiger partial charge is 0.392 e. The Labute approximate surface area is 143 Å². The number of hydrogen-bond donors (Lipinski definition) is 1. The molecule has 2 aromatic rings. The van der Waals surface area contributed by atoms with Gasteiger partial charge in [-0.15, -0.1) is 11.3 Å². The number of nitriles is 1. The minimum Gasteiger partial charge on any atom is -0.392 e. The van der Waals surface area contributed by atoms with Crippen molar-refractivity contribution in [3.8, 4) is 16.6 Å². The predicted octanol–water partition coefficient (Wildman–Crippen LogP) is 4.76. The number of rotatable bonds is 8. The Hall–Kier alpha value is -1.00. The summed E-state index contributed by atoms with van der Waals surface area (Å²) in [5.74, 6) is 1.13. The summed E-state index contributed by atoms with van der Waals surface area (Å²) >= 11 is 5.06. The van der Waals surface area contributed by atoms with Crippen LogP contribution in [0.2, 0.25) is 0 Å². The highest BCUT2D eigenvalue weighted by atomic mass is 32.2. The molecule has 0 bridgehead atoms. The number of aliphatic hydroxyl groups excluding tert-OH is 1. The lowest BCUT2D eigenvalue weighted by atomic mass is 10.1. The zero-order valence-electron chi connectivity index (χ0n) is 12.4. The van der Waals surface area contributed by atoms with Crippen molar-refractivity contribution in [3.63, 3.8) is 0 Å². The average Bonchev–Trinajstić information content (AvgIpc) is 3.08. The van der Waals surface area contributed by atoms with Crippen LogP contribution in [0.4, 0.5) is 0 Å². The molecule has 0 aliphatic rings. The second-order valence-corrected chi connectivity index (χ2v) is 8.00. The molecule has 0 unspecified atom stereocenters. The van der Waals surface area contributed by atoms with Gasteiger partial charge in [-0.2, -0.15) is 17.0 Å². The van der Waals surface area contributed by atoms with E-state index < -0.39 is 0 Å². The van der Waals surface area contributed by atoms with Crippen LogP contribution in [0, 0.1) is 11.3 Å². The van der Waals surface area contributed by atoms with Crippen LogP contribution in [0.25, 0.3) is 10.6 Å². The summed E-state index contributed by atoms with van der Waals surface area (Å²) in [4.78, 5) is 5.69. The summed E-state index contributed by atoms with van der Waals surface area (Å²) in [7, 11) is 0. The average molecular weight is 351 g/mol. The maximum atomic E-state index is 9.55.